The van der Waals surface area contributed by atoms with E-state index in [1.165, 1.54) is 4.57 Å². The first kappa shape index (κ1) is 13.7. The Hall–Kier alpha value is -2.28. The second-order valence-electron chi connectivity index (χ2n) is 5.14. The monoisotopic (exact) mass is 291 g/mol. The molecular formula is C14H17N3O4. The van der Waals surface area contributed by atoms with Crippen molar-refractivity contribution in [3.05, 3.63) is 28.7 Å². The molecule has 0 bridgehead atoms. The summed E-state index contributed by atoms with van der Waals surface area (Å²) < 4.78 is 11.6. The number of anilines is 1. The fraction of sp³-hybridized carbons (Fsp3) is 0.429. The minimum Gasteiger partial charge on any atom is -0.408 e. The van der Waals surface area contributed by atoms with E-state index in [2.05, 4.69) is 5.32 Å². The number of nitrogens with one attached hydrogen (secondary N) is 1. The zero-order valence-corrected chi connectivity index (χ0v) is 11.5. The van der Waals surface area contributed by atoms with Crippen LogP contribution in [0.3, 0.4) is 0 Å². The fourth-order valence-electron chi connectivity index (χ4n) is 2.49. The van der Waals surface area contributed by atoms with Crippen molar-refractivity contribution in [1.82, 2.24) is 9.88 Å². The normalized spacial score (nSPS) is 16.2. The summed E-state index contributed by atoms with van der Waals surface area (Å²) in [4.78, 5) is 23.9. The molecule has 1 aromatic heterocycles. The summed E-state index contributed by atoms with van der Waals surface area (Å²) in [6.45, 7) is 1.22. The Kier molecular flexibility index (Phi) is 3.66. The lowest BCUT2D eigenvalue weighted by molar-refractivity contribution is -0.123. The number of nitrogen functional groups attached to an aromatic ring is 1. The van der Waals surface area contributed by atoms with E-state index in [-0.39, 0.29) is 18.5 Å². The van der Waals surface area contributed by atoms with Crippen molar-refractivity contribution < 1.29 is 13.9 Å². The highest BCUT2D eigenvalue weighted by molar-refractivity contribution is 5.81. The van der Waals surface area contributed by atoms with Crippen LogP contribution in [0.15, 0.2) is 27.4 Å². The van der Waals surface area contributed by atoms with Gasteiger partial charge in [-0.3, -0.25) is 9.36 Å². The third kappa shape index (κ3) is 2.92. The third-order valence-corrected chi connectivity index (χ3v) is 3.58. The highest BCUT2D eigenvalue weighted by atomic mass is 16.5. The number of aromatic nitrogens is 1. The van der Waals surface area contributed by atoms with Crippen LogP contribution in [0.2, 0.25) is 0 Å². The maximum Gasteiger partial charge on any atom is 0.420 e. The smallest absolute Gasteiger partial charge is 0.408 e. The molecular weight excluding hydrogens is 274 g/mol. The molecule has 0 saturated carbocycles. The molecule has 3 N–H and O–H groups in total. The maximum atomic E-state index is 12.1. The molecule has 112 valence electrons. The van der Waals surface area contributed by atoms with E-state index in [1.54, 1.807) is 18.2 Å². The molecule has 0 unspecified atom stereocenters. The Balaban J connectivity index is 1.77. The topological polar surface area (TPSA) is 99.5 Å². The number of benzene rings is 1. The number of hydrogen-bond donors (Lipinski definition) is 2. The number of nitrogens with two attached hydrogens (primary N) is 1. The van der Waals surface area contributed by atoms with Crippen molar-refractivity contribution in [2.75, 3.05) is 18.9 Å². The van der Waals surface area contributed by atoms with E-state index in [9.17, 15) is 9.59 Å². The average Bonchev–Trinajstić information content (AvgIpc) is 2.76. The molecule has 1 fully saturated rings. The van der Waals surface area contributed by atoms with Gasteiger partial charge in [-0.25, -0.2) is 4.79 Å². The Bertz CT molecular complexity index is 713. The highest BCUT2D eigenvalue weighted by Crippen LogP contribution is 2.16. The summed E-state index contributed by atoms with van der Waals surface area (Å²) in [6, 6.07) is 5.00. The third-order valence-electron chi connectivity index (χ3n) is 3.58. The zero-order valence-electron chi connectivity index (χ0n) is 11.5. The van der Waals surface area contributed by atoms with Crippen LogP contribution in [-0.2, 0) is 16.1 Å². The fourth-order valence-corrected chi connectivity index (χ4v) is 2.49. The number of amides is 1. The van der Waals surface area contributed by atoms with Gasteiger partial charge in [0.05, 0.1) is 5.52 Å². The van der Waals surface area contributed by atoms with Crippen LogP contribution in [0.4, 0.5) is 5.69 Å². The van der Waals surface area contributed by atoms with Gasteiger partial charge in [0.25, 0.3) is 0 Å². The van der Waals surface area contributed by atoms with Crippen molar-refractivity contribution in [3.8, 4) is 0 Å². The number of carbonyl (C=O) groups is 1. The molecule has 1 saturated heterocycles. The predicted molar refractivity (Wildman–Crippen MR) is 76.9 cm³/mol. The first-order chi connectivity index (χ1) is 10.1. The first-order valence-corrected chi connectivity index (χ1v) is 6.89. The SMILES string of the molecule is Nc1ccc2oc(=O)n(CC(=O)NC3CCOCC3)c2c1. The summed E-state index contributed by atoms with van der Waals surface area (Å²) in [6.07, 6.45) is 1.58. The lowest BCUT2D eigenvalue weighted by Gasteiger charge is -2.23. The van der Waals surface area contributed by atoms with E-state index in [0.717, 1.165) is 12.8 Å². The number of ether oxygens (including phenoxy) is 1. The molecule has 1 aromatic carbocycles. The second-order valence-corrected chi connectivity index (χ2v) is 5.14. The van der Waals surface area contributed by atoms with Gasteiger partial charge in [0.15, 0.2) is 5.58 Å². The van der Waals surface area contributed by atoms with Gasteiger partial charge < -0.3 is 20.2 Å². The quantitative estimate of drug-likeness (QED) is 0.801. The van der Waals surface area contributed by atoms with Crippen LogP contribution in [0.25, 0.3) is 11.1 Å². The van der Waals surface area contributed by atoms with Gasteiger partial charge in [-0.15, -0.1) is 0 Å². The molecule has 1 aliphatic heterocycles. The van der Waals surface area contributed by atoms with Gasteiger partial charge in [-0.05, 0) is 31.0 Å². The zero-order chi connectivity index (χ0) is 14.8. The Morgan fingerprint density at radius 1 is 1.38 bits per heavy atom. The summed E-state index contributed by atoms with van der Waals surface area (Å²) in [5, 5.41) is 2.91. The molecule has 1 aliphatic rings. The summed E-state index contributed by atoms with van der Waals surface area (Å²) in [7, 11) is 0. The molecule has 2 heterocycles. The molecule has 21 heavy (non-hydrogen) atoms. The molecule has 1 amide bonds. The van der Waals surface area contributed by atoms with Gasteiger partial charge in [0.1, 0.15) is 6.54 Å². The van der Waals surface area contributed by atoms with Gasteiger partial charge in [-0.1, -0.05) is 0 Å². The molecule has 0 atom stereocenters. The van der Waals surface area contributed by atoms with Crippen LogP contribution in [0.1, 0.15) is 12.8 Å². The Morgan fingerprint density at radius 3 is 2.90 bits per heavy atom. The lowest BCUT2D eigenvalue weighted by Crippen LogP contribution is -2.41. The molecule has 0 spiro atoms. The number of fused-ring (bicyclic) bond motifs is 1. The summed E-state index contributed by atoms with van der Waals surface area (Å²) in [5.74, 6) is -0.771. The van der Waals surface area contributed by atoms with Gasteiger partial charge in [0.2, 0.25) is 5.91 Å². The molecule has 0 aliphatic carbocycles. The molecule has 3 rings (SSSR count). The van der Waals surface area contributed by atoms with Crippen LogP contribution in [0, 0.1) is 0 Å². The highest BCUT2D eigenvalue weighted by Gasteiger charge is 2.18. The molecule has 7 heteroatoms. The number of rotatable bonds is 3. The average molecular weight is 291 g/mol. The number of hydrogen-bond acceptors (Lipinski definition) is 5. The number of oxazole rings is 1. The van der Waals surface area contributed by atoms with Gasteiger partial charge >= 0.3 is 5.76 Å². The van der Waals surface area contributed by atoms with Crippen LogP contribution >= 0.6 is 0 Å². The van der Waals surface area contributed by atoms with Crippen LogP contribution < -0.4 is 16.8 Å². The van der Waals surface area contributed by atoms with Crippen molar-refractivity contribution in [3.63, 3.8) is 0 Å². The maximum absolute atomic E-state index is 12.1. The van der Waals surface area contributed by atoms with E-state index in [4.69, 9.17) is 14.9 Å². The van der Waals surface area contributed by atoms with E-state index in [0.29, 0.717) is 30.0 Å². The van der Waals surface area contributed by atoms with Gasteiger partial charge in [-0.2, -0.15) is 0 Å². The number of carbonyl (C=O) groups excluding carboxylic acids is 1. The van der Waals surface area contributed by atoms with Crippen LogP contribution in [0.5, 0.6) is 0 Å². The van der Waals surface area contributed by atoms with E-state index < -0.39 is 5.76 Å². The Labute approximate surface area is 120 Å². The first-order valence-electron chi connectivity index (χ1n) is 6.89. The lowest BCUT2D eigenvalue weighted by atomic mass is 10.1. The molecule has 7 nitrogen and oxygen atoms in total. The van der Waals surface area contributed by atoms with Crippen molar-refractivity contribution in [2.45, 2.75) is 25.4 Å². The van der Waals surface area contributed by atoms with Crippen molar-refractivity contribution in [2.24, 2.45) is 0 Å². The van der Waals surface area contributed by atoms with E-state index >= 15 is 0 Å². The Morgan fingerprint density at radius 2 is 2.14 bits per heavy atom. The summed E-state index contributed by atoms with van der Waals surface area (Å²) in [5.41, 5.74) is 7.18. The standard InChI is InChI=1S/C14H17N3O4/c15-9-1-2-12-11(7-9)17(14(19)21-12)8-13(18)16-10-3-5-20-6-4-10/h1-2,7,10H,3-6,8,15H2,(H,16,18). The van der Waals surface area contributed by atoms with Crippen molar-refractivity contribution >= 4 is 22.7 Å². The summed E-state index contributed by atoms with van der Waals surface area (Å²) >= 11 is 0. The second kappa shape index (κ2) is 5.61. The predicted octanol–water partition coefficient (Wildman–Crippen LogP) is 0.472. The van der Waals surface area contributed by atoms with Crippen LogP contribution in [-0.4, -0.2) is 29.7 Å². The molecule has 2 aromatic rings. The largest absolute Gasteiger partial charge is 0.420 e. The minimum atomic E-state index is -0.558. The number of nitrogens with zero attached hydrogens (tertiary/aromatic N) is 1. The van der Waals surface area contributed by atoms with Crippen molar-refractivity contribution in [1.29, 1.82) is 0 Å². The van der Waals surface area contributed by atoms with E-state index in [1.807, 2.05) is 0 Å². The van der Waals surface area contributed by atoms with Gasteiger partial charge in [0, 0.05) is 24.9 Å². The minimum absolute atomic E-state index is 0.0767. The molecule has 0 radical (unpaired) electrons.